The van der Waals surface area contributed by atoms with Gasteiger partial charge in [0.15, 0.2) is 0 Å². The summed E-state index contributed by atoms with van der Waals surface area (Å²) in [6.45, 7) is 27.0. The summed E-state index contributed by atoms with van der Waals surface area (Å²) in [5.74, 6) is 0. The normalized spacial score (nSPS) is 9.28. The number of unbranched alkanes of at least 4 members (excludes halogenated alkanes) is 10. The Morgan fingerprint density at radius 2 is 0.321 bits per heavy atom. The van der Waals surface area contributed by atoms with Crippen LogP contribution >= 0.6 is 99.3 Å². The van der Waals surface area contributed by atoms with E-state index in [0.717, 1.165) is 78.5 Å². The molecule has 10 N–H and O–H groups in total. The molecule has 0 saturated carbocycles. The van der Waals surface area contributed by atoms with Crippen molar-refractivity contribution < 1.29 is 5.48 Å². The molecule has 0 aliphatic heterocycles. The quantitative estimate of drug-likeness (QED) is 0.0299. The van der Waals surface area contributed by atoms with E-state index in [2.05, 4.69) is 70.2 Å². The summed E-state index contributed by atoms with van der Waals surface area (Å²) >= 11 is 0. The van der Waals surface area contributed by atoms with Crippen LogP contribution in [0.1, 0.15) is 130 Å². The van der Waals surface area contributed by atoms with E-state index in [1.807, 2.05) is 0 Å². The van der Waals surface area contributed by atoms with Crippen LogP contribution in [0.2, 0.25) is 0 Å². The summed E-state index contributed by atoms with van der Waals surface area (Å²) in [5.41, 5.74) is 0. The summed E-state index contributed by atoms with van der Waals surface area (Å²) in [7, 11) is 0. The lowest BCUT2D eigenvalue weighted by Gasteiger charge is -2.06. The molecule has 0 bridgehead atoms. The largest absolute Gasteiger partial charge is 0.412 e. The molecular weight excluding hydrogens is 844 g/mol. The maximum Gasteiger partial charge on any atom is -0.00368 e. The molecule has 0 spiro atoms. The predicted octanol–water partition coefficient (Wildman–Crippen LogP) is 7.56. The smallest absolute Gasteiger partial charge is 0.00368 e. The molecule has 0 aromatic rings. The molecule has 0 saturated heterocycles. The molecule has 0 unspecified atom stereocenters. The molecule has 0 radical (unpaired) electrons. The Morgan fingerprint density at radius 1 is 0.189 bits per heavy atom. The van der Waals surface area contributed by atoms with Crippen LogP contribution in [-0.4, -0.2) is 110 Å². The Labute approximate surface area is 380 Å². The van der Waals surface area contributed by atoms with Gasteiger partial charge in [0.25, 0.3) is 0 Å². The van der Waals surface area contributed by atoms with Crippen LogP contribution in [0.15, 0.2) is 0 Å². The SMILES string of the molecule is CCNCCCNCCCCCCCCNCCCNCC.CCNCCCNCCCCCCCCNCCCNCC.Cl.Cl.Cl.Cl.Cl.Cl.Cl.Cl.O. The summed E-state index contributed by atoms with van der Waals surface area (Å²) in [6, 6.07) is 0. The van der Waals surface area contributed by atoms with Crippen LogP contribution < -0.4 is 42.5 Å². The zero-order valence-electron chi connectivity index (χ0n) is 34.4. The maximum atomic E-state index is 3.53. The van der Waals surface area contributed by atoms with E-state index in [4.69, 9.17) is 0 Å². The van der Waals surface area contributed by atoms with Gasteiger partial charge in [0.2, 0.25) is 0 Å². The van der Waals surface area contributed by atoms with Crippen molar-refractivity contribution in [3.63, 3.8) is 0 Å². The first-order chi connectivity index (χ1) is 21.8. The van der Waals surface area contributed by atoms with Gasteiger partial charge in [-0.2, -0.15) is 0 Å². The molecular formula is C36H94Cl8N8O. The Morgan fingerprint density at radius 3 is 0.491 bits per heavy atom. The van der Waals surface area contributed by atoms with Crippen LogP contribution in [0.25, 0.3) is 0 Å². The van der Waals surface area contributed by atoms with E-state index in [9.17, 15) is 0 Å². The average molecular weight is 939 g/mol. The summed E-state index contributed by atoms with van der Waals surface area (Å²) < 4.78 is 0. The Kier molecular flexibility index (Phi) is 134. The predicted molar refractivity (Wildman–Crippen MR) is 261 cm³/mol. The van der Waals surface area contributed by atoms with Gasteiger partial charge in [-0.15, -0.1) is 99.3 Å². The number of nitrogens with one attached hydrogen (secondary N) is 8. The van der Waals surface area contributed by atoms with Crippen LogP contribution in [0.4, 0.5) is 0 Å². The second-order valence-corrected chi connectivity index (χ2v) is 12.1. The first-order valence-corrected chi connectivity index (χ1v) is 19.5. The van der Waals surface area contributed by atoms with Crippen LogP contribution in [0.5, 0.6) is 0 Å². The van der Waals surface area contributed by atoms with Gasteiger partial charge in [0.1, 0.15) is 0 Å². The third-order valence-electron chi connectivity index (χ3n) is 7.74. The number of hydrogen-bond donors (Lipinski definition) is 8. The molecule has 0 amide bonds. The topological polar surface area (TPSA) is 128 Å². The molecule has 0 aromatic carbocycles. The van der Waals surface area contributed by atoms with Crippen molar-refractivity contribution >= 4 is 99.3 Å². The van der Waals surface area contributed by atoms with Crippen LogP contribution in [0, 0.1) is 0 Å². The standard InChI is InChI=1S/2C18H42N4.8ClH.H2O/c2*1-3-19-15-11-17-21-13-9-7-5-6-8-10-14-22-18-12-16-20-4-2;;;;;;;;;/h2*19-22H,3-18H2,1-2H3;8*1H;1H2. The minimum atomic E-state index is 0. The Hall–Kier alpha value is 1.96. The molecule has 53 heavy (non-hydrogen) atoms. The van der Waals surface area contributed by atoms with E-state index in [1.165, 1.54) is 129 Å². The highest BCUT2D eigenvalue weighted by Crippen LogP contribution is 2.05. The fourth-order valence-electron chi connectivity index (χ4n) is 4.97. The zero-order valence-corrected chi connectivity index (χ0v) is 40.9. The van der Waals surface area contributed by atoms with Gasteiger partial charge in [0, 0.05) is 0 Å². The van der Waals surface area contributed by atoms with Crippen molar-refractivity contribution in [2.45, 2.75) is 130 Å². The Balaban J connectivity index is -0.0000000632. The number of rotatable bonds is 38. The third-order valence-corrected chi connectivity index (χ3v) is 7.74. The highest BCUT2D eigenvalue weighted by Gasteiger charge is 1.95. The Bertz CT molecular complexity index is 415. The first-order valence-electron chi connectivity index (χ1n) is 19.5. The molecule has 0 atom stereocenters. The molecule has 9 nitrogen and oxygen atoms in total. The monoisotopic (exact) mass is 935 g/mol. The first kappa shape index (κ1) is 82.8. The fraction of sp³-hybridized carbons (Fsp3) is 1.00. The van der Waals surface area contributed by atoms with Crippen molar-refractivity contribution in [2.75, 3.05) is 105 Å². The van der Waals surface area contributed by atoms with E-state index in [-0.39, 0.29) is 105 Å². The fourth-order valence-corrected chi connectivity index (χ4v) is 4.97. The second kappa shape index (κ2) is 86.0. The molecule has 0 aliphatic carbocycles. The van der Waals surface area contributed by atoms with Crippen LogP contribution in [0.3, 0.4) is 0 Å². The van der Waals surface area contributed by atoms with Gasteiger partial charge in [-0.25, -0.2) is 0 Å². The van der Waals surface area contributed by atoms with Crippen molar-refractivity contribution in [1.29, 1.82) is 0 Å². The third kappa shape index (κ3) is 91.2. The van der Waals surface area contributed by atoms with Gasteiger partial charge >= 0.3 is 0 Å². The minimum absolute atomic E-state index is 0. The highest BCUT2D eigenvalue weighted by molar-refractivity contribution is 5.86. The van der Waals surface area contributed by atoms with Crippen molar-refractivity contribution in [3.8, 4) is 0 Å². The lowest BCUT2D eigenvalue weighted by atomic mass is 10.1. The van der Waals surface area contributed by atoms with Crippen molar-refractivity contribution in [1.82, 2.24) is 42.5 Å². The summed E-state index contributed by atoms with van der Waals surface area (Å²) in [5, 5.41) is 27.5. The van der Waals surface area contributed by atoms with E-state index >= 15 is 0 Å². The highest BCUT2D eigenvalue weighted by atomic mass is 35.5. The van der Waals surface area contributed by atoms with Gasteiger partial charge in [-0.05, 0) is 156 Å². The van der Waals surface area contributed by atoms with Gasteiger partial charge < -0.3 is 48.0 Å². The molecule has 0 heterocycles. The summed E-state index contributed by atoms with van der Waals surface area (Å²) in [6.07, 6.45) is 21.5. The lowest BCUT2D eigenvalue weighted by Crippen LogP contribution is -2.22. The maximum absolute atomic E-state index is 3.53. The molecule has 340 valence electrons. The molecule has 0 fully saturated rings. The van der Waals surface area contributed by atoms with E-state index in [0.29, 0.717) is 0 Å². The van der Waals surface area contributed by atoms with Crippen molar-refractivity contribution in [3.05, 3.63) is 0 Å². The second-order valence-electron chi connectivity index (χ2n) is 12.1. The summed E-state index contributed by atoms with van der Waals surface area (Å²) in [4.78, 5) is 0. The number of hydrogen-bond acceptors (Lipinski definition) is 8. The lowest BCUT2D eigenvalue weighted by molar-refractivity contribution is 0.536. The molecule has 0 rings (SSSR count). The van der Waals surface area contributed by atoms with Crippen LogP contribution in [-0.2, 0) is 0 Å². The van der Waals surface area contributed by atoms with Gasteiger partial charge in [-0.1, -0.05) is 79.1 Å². The molecule has 17 heteroatoms. The van der Waals surface area contributed by atoms with Gasteiger partial charge in [-0.3, -0.25) is 0 Å². The zero-order chi connectivity index (χ0) is 32.3. The number of halogens is 8. The molecule has 0 aromatic heterocycles. The minimum Gasteiger partial charge on any atom is -0.412 e. The van der Waals surface area contributed by atoms with E-state index < -0.39 is 0 Å². The van der Waals surface area contributed by atoms with Gasteiger partial charge in [0.05, 0.1) is 0 Å². The average Bonchev–Trinajstić information content (AvgIpc) is 3.04. The van der Waals surface area contributed by atoms with Crippen molar-refractivity contribution in [2.24, 2.45) is 0 Å². The molecule has 0 aliphatic rings. The van der Waals surface area contributed by atoms with E-state index in [1.54, 1.807) is 0 Å².